The maximum Gasteiger partial charge on any atom is 0.338 e. The predicted octanol–water partition coefficient (Wildman–Crippen LogP) is 2.45. The number of methoxy groups -OCH3 is 2. The first-order valence-corrected chi connectivity index (χ1v) is 7.80. The summed E-state index contributed by atoms with van der Waals surface area (Å²) in [6.07, 6.45) is 3.52. The zero-order valence-corrected chi connectivity index (χ0v) is 14.7. The number of carbonyl (C=O) groups is 2. The van der Waals surface area contributed by atoms with E-state index in [1.807, 2.05) is 6.92 Å². The highest BCUT2D eigenvalue weighted by Crippen LogP contribution is 2.35. The third-order valence-electron chi connectivity index (χ3n) is 3.78. The third kappa shape index (κ3) is 4.12. The second-order valence-electron chi connectivity index (χ2n) is 5.35. The van der Waals surface area contributed by atoms with Gasteiger partial charge in [-0.05, 0) is 32.0 Å². The Morgan fingerprint density at radius 2 is 2.04 bits per heavy atom. The molecule has 7 nitrogen and oxygen atoms in total. The van der Waals surface area contributed by atoms with Crippen LogP contribution in [-0.2, 0) is 9.53 Å². The van der Waals surface area contributed by atoms with Crippen LogP contribution in [0.2, 0.25) is 0 Å². The minimum absolute atomic E-state index is 0.155. The third-order valence-corrected chi connectivity index (χ3v) is 3.78. The maximum atomic E-state index is 12.6. The molecule has 1 aliphatic rings. The van der Waals surface area contributed by atoms with Gasteiger partial charge in [0.25, 0.3) is 0 Å². The van der Waals surface area contributed by atoms with E-state index >= 15 is 0 Å². The largest absolute Gasteiger partial charge is 0.497 e. The molecule has 2 rings (SSSR count). The van der Waals surface area contributed by atoms with E-state index in [9.17, 15) is 9.59 Å². The number of nitrogens with one attached hydrogen (secondary N) is 2. The van der Waals surface area contributed by atoms with E-state index < -0.39 is 18.0 Å². The van der Waals surface area contributed by atoms with Crippen molar-refractivity contribution in [3.8, 4) is 11.5 Å². The fourth-order valence-electron chi connectivity index (χ4n) is 2.56. The van der Waals surface area contributed by atoms with Gasteiger partial charge in [0.15, 0.2) is 0 Å². The predicted molar refractivity (Wildman–Crippen MR) is 92.4 cm³/mol. The maximum absolute atomic E-state index is 12.6. The van der Waals surface area contributed by atoms with Gasteiger partial charge in [0.1, 0.15) is 18.1 Å². The summed E-state index contributed by atoms with van der Waals surface area (Å²) >= 11 is 0. The first kappa shape index (κ1) is 18.4. The topological polar surface area (TPSA) is 85.9 Å². The number of ether oxygens (including phenoxy) is 3. The van der Waals surface area contributed by atoms with Crippen molar-refractivity contribution >= 4 is 12.0 Å². The number of hydrogen-bond donors (Lipinski definition) is 2. The zero-order valence-electron chi connectivity index (χ0n) is 14.7. The van der Waals surface area contributed by atoms with Gasteiger partial charge in [-0.2, -0.15) is 0 Å². The molecule has 0 saturated carbocycles. The van der Waals surface area contributed by atoms with Gasteiger partial charge in [-0.15, -0.1) is 0 Å². The lowest BCUT2D eigenvalue weighted by atomic mass is 9.94. The first-order valence-electron chi connectivity index (χ1n) is 7.80. The molecule has 1 aromatic carbocycles. The van der Waals surface area contributed by atoms with Crippen LogP contribution in [-0.4, -0.2) is 32.8 Å². The molecule has 2 amide bonds. The van der Waals surface area contributed by atoms with Crippen molar-refractivity contribution in [2.45, 2.75) is 19.9 Å². The van der Waals surface area contributed by atoms with Crippen LogP contribution in [0, 0.1) is 0 Å². The number of carbonyl (C=O) groups excluding carboxylic acids is 2. The van der Waals surface area contributed by atoms with Crippen LogP contribution >= 0.6 is 0 Å². The van der Waals surface area contributed by atoms with Gasteiger partial charge in [-0.25, -0.2) is 9.59 Å². The highest BCUT2D eigenvalue weighted by Gasteiger charge is 2.34. The highest BCUT2D eigenvalue weighted by atomic mass is 16.5. The van der Waals surface area contributed by atoms with Gasteiger partial charge >= 0.3 is 12.0 Å². The normalized spacial score (nSPS) is 17.1. The first-order chi connectivity index (χ1) is 12.0. The lowest BCUT2D eigenvalue weighted by Crippen LogP contribution is -2.45. The lowest BCUT2D eigenvalue weighted by molar-refractivity contribution is -0.138. The summed E-state index contributed by atoms with van der Waals surface area (Å²) in [4.78, 5) is 24.5. The zero-order chi connectivity index (χ0) is 18.4. The van der Waals surface area contributed by atoms with Crippen LogP contribution in [0.25, 0.3) is 0 Å². The summed E-state index contributed by atoms with van der Waals surface area (Å²) in [7, 11) is 3.06. The van der Waals surface area contributed by atoms with Gasteiger partial charge in [-0.1, -0.05) is 12.2 Å². The molecule has 1 aliphatic heterocycles. The molecule has 1 heterocycles. The van der Waals surface area contributed by atoms with Gasteiger partial charge in [0, 0.05) is 11.3 Å². The minimum atomic E-state index is -0.711. The molecule has 0 aliphatic carbocycles. The average Bonchev–Trinajstić information content (AvgIpc) is 2.60. The Balaban J connectivity index is 2.47. The molecule has 0 radical (unpaired) electrons. The number of urea groups is 1. The Kier molecular flexibility index (Phi) is 6.05. The second-order valence-corrected chi connectivity index (χ2v) is 5.35. The summed E-state index contributed by atoms with van der Waals surface area (Å²) in [6, 6.07) is 4.07. The van der Waals surface area contributed by atoms with Crippen molar-refractivity contribution in [2.24, 2.45) is 0 Å². The summed E-state index contributed by atoms with van der Waals surface area (Å²) < 4.78 is 15.9. The fourth-order valence-corrected chi connectivity index (χ4v) is 2.56. The molecule has 1 atom stereocenters. The van der Waals surface area contributed by atoms with Crippen LogP contribution in [0.1, 0.15) is 25.5 Å². The number of hydrogen-bond acceptors (Lipinski definition) is 5. The molecule has 0 unspecified atom stereocenters. The number of benzene rings is 1. The van der Waals surface area contributed by atoms with Crippen molar-refractivity contribution in [3.05, 3.63) is 47.2 Å². The lowest BCUT2D eigenvalue weighted by Gasteiger charge is -2.29. The molecule has 0 saturated heterocycles. The molecule has 0 fully saturated rings. The Morgan fingerprint density at radius 3 is 2.68 bits per heavy atom. The molecule has 0 aromatic heterocycles. The Morgan fingerprint density at radius 1 is 1.28 bits per heavy atom. The molecule has 25 heavy (non-hydrogen) atoms. The number of esters is 1. The van der Waals surface area contributed by atoms with Crippen molar-refractivity contribution in [2.75, 3.05) is 20.8 Å². The summed E-state index contributed by atoms with van der Waals surface area (Å²) in [5, 5.41) is 5.35. The van der Waals surface area contributed by atoms with E-state index in [1.54, 1.807) is 44.4 Å². The fraction of sp³-hybridized carbons (Fsp3) is 0.333. The standard InChI is InChI=1S/C18H22N2O5/c1-5-6-9-25-17(21)15-11(2)19-18(22)20-16(15)13-10-12(23-3)7-8-14(13)24-4/h5-8,10,16H,9H2,1-4H3,(H2,19,20,22)/b6-5-/t16-/m1/s1. The molecule has 0 bridgehead atoms. The van der Waals surface area contributed by atoms with Crippen LogP contribution in [0.15, 0.2) is 41.6 Å². The van der Waals surface area contributed by atoms with Gasteiger partial charge in [-0.3, -0.25) is 0 Å². The second kappa shape index (κ2) is 8.23. The molecular formula is C18H22N2O5. The average molecular weight is 346 g/mol. The SMILES string of the molecule is C/C=C\COC(=O)C1=C(C)NC(=O)N[C@@H]1c1cc(OC)ccc1OC. The number of allylic oxidation sites excluding steroid dienone is 2. The molecule has 1 aromatic rings. The van der Waals surface area contributed by atoms with Crippen LogP contribution < -0.4 is 20.1 Å². The van der Waals surface area contributed by atoms with Crippen LogP contribution in [0.5, 0.6) is 11.5 Å². The van der Waals surface area contributed by atoms with E-state index in [2.05, 4.69) is 10.6 Å². The van der Waals surface area contributed by atoms with E-state index in [1.165, 1.54) is 7.11 Å². The molecule has 0 spiro atoms. The number of amides is 2. The van der Waals surface area contributed by atoms with E-state index in [0.717, 1.165) is 0 Å². The number of rotatable bonds is 6. The highest BCUT2D eigenvalue weighted by molar-refractivity contribution is 5.95. The Labute approximate surface area is 146 Å². The van der Waals surface area contributed by atoms with Crippen LogP contribution in [0.4, 0.5) is 4.79 Å². The minimum Gasteiger partial charge on any atom is -0.497 e. The van der Waals surface area contributed by atoms with Gasteiger partial charge in [0.2, 0.25) is 0 Å². The quantitative estimate of drug-likeness (QED) is 0.610. The summed E-state index contributed by atoms with van der Waals surface area (Å²) in [5.74, 6) is 0.598. The van der Waals surface area contributed by atoms with Crippen LogP contribution in [0.3, 0.4) is 0 Å². The Bertz CT molecular complexity index is 724. The molecule has 7 heteroatoms. The molecular weight excluding hydrogens is 324 g/mol. The van der Waals surface area contributed by atoms with Gasteiger partial charge < -0.3 is 24.8 Å². The van der Waals surface area contributed by atoms with Crippen molar-refractivity contribution in [3.63, 3.8) is 0 Å². The van der Waals surface area contributed by atoms with E-state index in [0.29, 0.717) is 28.3 Å². The Hall–Kier alpha value is -2.96. The monoisotopic (exact) mass is 346 g/mol. The van der Waals surface area contributed by atoms with Gasteiger partial charge in [0.05, 0.1) is 25.8 Å². The molecule has 134 valence electrons. The van der Waals surface area contributed by atoms with Crippen molar-refractivity contribution in [1.82, 2.24) is 10.6 Å². The summed E-state index contributed by atoms with van der Waals surface area (Å²) in [5.41, 5.74) is 1.36. The summed E-state index contributed by atoms with van der Waals surface area (Å²) in [6.45, 7) is 3.65. The smallest absolute Gasteiger partial charge is 0.338 e. The van der Waals surface area contributed by atoms with E-state index in [4.69, 9.17) is 14.2 Å². The van der Waals surface area contributed by atoms with E-state index in [-0.39, 0.29) is 6.61 Å². The molecule has 2 N–H and O–H groups in total. The van der Waals surface area contributed by atoms with Crippen molar-refractivity contribution < 1.29 is 23.8 Å². The van der Waals surface area contributed by atoms with Crippen molar-refractivity contribution in [1.29, 1.82) is 0 Å².